The van der Waals surface area contributed by atoms with Gasteiger partial charge in [0.2, 0.25) is 11.8 Å². The van der Waals surface area contributed by atoms with Crippen LogP contribution in [0.4, 0.5) is 0 Å². The minimum absolute atomic E-state index is 0.0561. The SMILES string of the molecule is O=C(NCC1CC1)[C@H]1CCCN(C(=O)Cc2c[nH]c3ccccc23)C1. The molecule has 5 heteroatoms. The number of para-hydroxylation sites is 1. The highest BCUT2D eigenvalue weighted by molar-refractivity contribution is 5.89. The van der Waals surface area contributed by atoms with Crippen LogP contribution < -0.4 is 5.32 Å². The molecule has 0 spiro atoms. The van der Waals surface area contributed by atoms with Gasteiger partial charge in [-0.15, -0.1) is 0 Å². The third kappa shape index (κ3) is 3.70. The first-order valence-electron chi connectivity index (χ1n) is 9.31. The number of aromatic nitrogens is 1. The summed E-state index contributed by atoms with van der Waals surface area (Å²) in [5, 5.41) is 4.16. The molecule has 5 nitrogen and oxygen atoms in total. The van der Waals surface area contributed by atoms with Crippen molar-refractivity contribution in [3.8, 4) is 0 Å². The number of nitrogens with one attached hydrogen (secondary N) is 2. The van der Waals surface area contributed by atoms with E-state index in [1.54, 1.807) is 0 Å². The Labute approximate surface area is 147 Å². The van der Waals surface area contributed by atoms with Gasteiger partial charge in [0.05, 0.1) is 12.3 Å². The molecule has 25 heavy (non-hydrogen) atoms. The smallest absolute Gasteiger partial charge is 0.227 e. The lowest BCUT2D eigenvalue weighted by Gasteiger charge is -2.32. The fourth-order valence-corrected chi connectivity index (χ4v) is 3.68. The number of carbonyl (C=O) groups excluding carboxylic acids is 2. The number of H-pyrrole nitrogens is 1. The Kier molecular flexibility index (Phi) is 4.47. The molecule has 1 saturated carbocycles. The average Bonchev–Trinajstić information content (AvgIpc) is 3.40. The van der Waals surface area contributed by atoms with E-state index in [1.807, 2.05) is 35.4 Å². The van der Waals surface area contributed by atoms with Crippen LogP contribution in [0, 0.1) is 11.8 Å². The molecule has 0 unspecified atom stereocenters. The molecule has 1 aliphatic carbocycles. The van der Waals surface area contributed by atoms with Gasteiger partial charge in [-0.3, -0.25) is 9.59 Å². The first-order chi connectivity index (χ1) is 12.2. The van der Waals surface area contributed by atoms with Crippen LogP contribution >= 0.6 is 0 Å². The quantitative estimate of drug-likeness (QED) is 0.879. The molecule has 2 heterocycles. The lowest BCUT2D eigenvalue weighted by molar-refractivity contribution is -0.135. The van der Waals surface area contributed by atoms with Crippen LogP contribution in [0.3, 0.4) is 0 Å². The Balaban J connectivity index is 1.37. The van der Waals surface area contributed by atoms with Crippen molar-refractivity contribution in [1.29, 1.82) is 0 Å². The fourth-order valence-electron chi connectivity index (χ4n) is 3.68. The van der Waals surface area contributed by atoms with Crippen molar-refractivity contribution in [2.75, 3.05) is 19.6 Å². The molecule has 0 bridgehead atoms. The number of benzene rings is 1. The minimum Gasteiger partial charge on any atom is -0.361 e. The minimum atomic E-state index is -0.0561. The van der Waals surface area contributed by atoms with Crippen molar-refractivity contribution >= 4 is 22.7 Å². The van der Waals surface area contributed by atoms with Gasteiger partial charge in [0.1, 0.15) is 0 Å². The van der Waals surface area contributed by atoms with E-state index >= 15 is 0 Å². The number of rotatable bonds is 5. The second-order valence-electron chi connectivity index (χ2n) is 7.40. The highest BCUT2D eigenvalue weighted by Crippen LogP contribution is 2.28. The van der Waals surface area contributed by atoms with Crippen molar-refractivity contribution in [3.63, 3.8) is 0 Å². The predicted octanol–water partition coefficient (Wildman–Crippen LogP) is 2.48. The van der Waals surface area contributed by atoms with Crippen molar-refractivity contribution in [3.05, 3.63) is 36.0 Å². The molecule has 2 fully saturated rings. The fraction of sp³-hybridized carbons (Fsp3) is 0.500. The Morgan fingerprint density at radius 1 is 1.20 bits per heavy atom. The molecule has 0 radical (unpaired) electrons. The number of fused-ring (bicyclic) bond motifs is 1. The maximum Gasteiger partial charge on any atom is 0.227 e. The van der Waals surface area contributed by atoms with Gasteiger partial charge in [-0.05, 0) is 43.2 Å². The van der Waals surface area contributed by atoms with Gasteiger partial charge in [0, 0.05) is 36.7 Å². The van der Waals surface area contributed by atoms with E-state index in [4.69, 9.17) is 0 Å². The van der Waals surface area contributed by atoms with E-state index in [9.17, 15) is 9.59 Å². The Morgan fingerprint density at radius 2 is 2.04 bits per heavy atom. The highest BCUT2D eigenvalue weighted by Gasteiger charge is 2.30. The molecule has 1 aromatic carbocycles. The molecular formula is C20H25N3O2. The van der Waals surface area contributed by atoms with Crippen LogP contribution in [0.5, 0.6) is 0 Å². The average molecular weight is 339 g/mol. The summed E-state index contributed by atoms with van der Waals surface area (Å²) in [5.74, 6) is 0.868. The van der Waals surface area contributed by atoms with Crippen LogP contribution in [0.15, 0.2) is 30.5 Å². The van der Waals surface area contributed by atoms with Crippen LogP contribution in [0.1, 0.15) is 31.2 Å². The van der Waals surface area contributed by atoms with Gasteiger partial charge in [-0.1, -0.05) is 18.2 Å². The van der Waals surface area contributed by atoms with Crippen molar-refractivity contribution in [2.24, 2.45) is 11.8 Å². The monoisotopic (exact) mass is 339 g/mol. The van der Waals surface area contributed by atoms with Crippen LogP contribution in [0.2, 0.25) is 0 Å². The molecule has 1 aromatic heterocycles. The first-order valence-corrected chi connectivity index (χ1v) is 9.31. The molecular weight excluding hydrogens is 314 g/mol. The molecule has 2 N–H and O–H groups in total. The number of nitrogens with zero attached hydrogens (tertiary/aromatic N) is 1. The summed E-state index contributed by atoms with van der Waals surface area (Å²) in [7, 11) is 0. The number of hydrogen-bond donors (Lipinski definition) is 2. The number of piperidine rings is 1. The summed E-state index contributed by atoms with van der Waals surface area (Å²) in [6.45, 7) is 2.11. The molecule has 1 aliphatic heterocycles. The number of hydrogen-bond acceptors (Lipinski definition) is 2. The van der Waals surface area contributed by atoms with Crippen LogP contribution in [-0.4, -0.2) is 41.3 Å². The van der Waals surface area contributed by atoms with Gasteiger partial charge in [-0.25, -0.2) is 0 Å². The van der Waals surface area contributed by atoms with Crippen LogP contribution in [-0.2, 0) is 16.0 Å². The third-order valence-electron chi connectivity index (χ3n) is 5.42. The largest absolute Gasteiger partial charge is 0.361 e. The molecule has 2 amide bonds. The predicted molar refractivity (Wildman–Crippen MR) is 97.0 cm³/mol. The highest BCUT2D eigenvalue weighted by atomic mass is 16.2. The topological polar surface area (TPSA) is 65.2 Å². The summed E-state index contributed by atoms with van der Waals surface area (Å²) in [6.07, 6.45) is 6.57. The molecule has 4 rings (SSSR count). The Bertz CT molecular complexity index is 778. The summed E-state index contributed by atoms with van der Waals surface area (Å²) in [5.41, 5.74) is 2.09. The number of aromatic amines is 1. The van der Waals surface area contributed by atoms with E-state index in [-0.39, 0.29) is 17.7 Å². The third-order valence-corrected chi connectivity index (χ3v) is 5.42. The molecule has 2 aromatic rings. The normalized spacial score (nSPS) is 20.6. The maximum atomic E-state index is 12.7. The van der Waals surface area contributed by atoms with Gasteiger partial charge in [0.15, 0.2) is 0 Å². The van der Waals surface area contributed by atoms with Crippen molar-refractivity contribution in [2.45, 2.75) is 32.1 Å². The van der Waals surface area contributed by atoms with Gasteiger partial charge in [0.25, 0.3) is 0 Å². The van der Waals surface area contributed by atoms with Gasteiger partial charge >= 0.3 is 0 Å². The second-order valence-corrected chi connectivity index (χ2v) is 7.40. The van der Waals surface area contributed by atoms with Crippen molar-refractivity contribution in [1.82, 2.24) is 15.2 Å². The lowest BCUT2D eigenvalue weighted by Crippen LogP contribution is -2.46. The zero-order chi connectivity index (χ0) is 17.2. The Hall–Kier alpha value is -2.30. The number of amides is 2. The zero-order valence-corrected chi connectivity index (χ0v) is 14.5. The standard InChI is InChI=1S/C20H25N3O2/c24-19(10-16-12-21-18-6-2-1-5-17(16)18)23-9-3-4-15(13-23)20(25)22-11-14-7-8-14/h1-2,5-6,12,14-15,21H,3-4,7-11,13H2,(H,22,25)/t15-/m0/s1. The maximum absolute atomic E-state index is 12.7. The Morgan fingerprint density at radius 3 is 2.88 bits per heavy atom. The van der Waals surface area contributed by atoms with E-state index in [1.165, 1.54) is 12.8 Å². The van der Waals surface area contributed by atoms with E-state index in [2.05, 4.69) is 10.3 Å². The number of carbonyl (C=O) groups is 2. The molecule has 1 saturated heterocycles. The zero-order valence-electron chi connectivity index (χ0n) is 14.5. The lowest BCUT2D eigenvalue weighted by atomic mass is 9.96. The first kappa shape index (κ1) is 16.2. The summed E-state index contributed by atoms with van der Waals surface area (Å²) in [6, 6.07) is 8.04. The summed E-state index contributed by atoms with van der Waals surface area (Å²) in [4.78, 5) is 30.2. The van der Waals surface area contributed by atoms with Crippen molar-refractivity contribution < 1.29 is 9.59 Å². The van der Waals surface area contributed by atoms with Gasteiger partial charge in [-0.2, -0.15) is 0 Å². The summed E-state index contributed by atoms with van der Waals surface area (Å²) >= 11 is 0. The van der Waals surface area contributed by atoms with E-state index in [0.717, 1.165) is 42.4 Å². The number of likely N-dealkylation sites (tertiary alicyclic amines) is 1. The molecule has 2 aliphatic rings. The van der Waals surface area contributed by atoms with Gasteiger partial charge < -0.3 is 15.2 Å². The summed E-state index contributed by atoms with van der Waals surface area (Å²) < 4.78 is 0. The molecule has 132 valence electrons. The van der Waals surface area contributed by atoms with Crippen LogP contribution in [0.25, 0.3) is 10.9 Å². The molecule has 1 atom stereocenters. The second kappa shape index (κ2) is 6.90. The van der Waals surface area contributed by atoms with E-state index < -0.39 is 0 Å². The van der Waals surface area contributed by atoms with E-state index in [0.29, 0.717) is 18.9 Å².